The number of aliphatic hydroxyl groups is 1. The van der Waals surface area contributed by atoms with Gasteiger partial charge in [-0.15, -0.1) is 0 Å². The summed E-state index contributed by atoms with van der Waals surface area (Å²) in [7, 11) is 1.58. The summed E-state index contributed by atoms with van der Waals surface area (Å²) in [6, 6.07) is 11.4. The molecular formula is C18H18FN3O3. The molecule has 1 atom stereocenters. The van der Waals surface area contributed by atoms with E-state index in [2.05, 4.69) is 15.3 Å². The van der Waals surface area contributed by atoms with Gasteiger partial charge in [0.25, 0.3) is 0 Å². The smallest absolute Gasteiger partial charge is 0.137 e. The van der Waals surface area contributed by atoms with Crippen LogP contribution in [0.15, 0.2) is 48.8 Å². The number of aliphatic hydroxyl groups excluding tert-OH is 1. The molecule has 25 heavy (non-hydrogen) atoms. The number of halogens is 1. The van der Waals surface area contributed by atoms with E-state index in [-0.39, 0.29) is 19.0 Å². The quantitative estimate of drug-likeness (QED) is 0.687. The second kappa shape index (κ2) is 7.76. The first-order valence-electron chi connectivity index (χ1n) is 7.75. The molecule has 7 heteroatoms. The lowest BCUT2D eigenvalue weighted by molar-refractivity contribution is 0.117. The van der Waals surface area contributed by atoms with E-state index in [1.807, 2.05) is 12.1 Å². The third kappa shape index (κ3) is 4.33. The molecule has 6 nitrogen and oxygen atoms in total. The van der Waals surface area contributed by atoms with E-state index >= 15 is 0 Å². The molecule has 1 heterocycles. The second-order valence-corrected chi connectivity index (χ2v) is 5.41. The Balaban J connectivity index is 1.58. The fourth-order valence-electron chi connectivity index (χ4n) is 2.33. The lowest BCUT2D eigenvalue weighted by atomic mass is 10.2. The van der Waals surface area contributed by atoms with Gasteiger partial charge in [-0.2, -0.15) is 0 Å². The number of hydrogen-bond donors (Lipinski definition) is 2. The van der Waals surface area contributed by atoms with Gasteiger partial charge in [0, 0.05) is 24.1 Å². The van der Waals surface area contributed by atoms with Crippen molar-refractivity contribution >= 4 is 16.7 Å². The molecule has 0 spiro atoms. The van der Waals surface area contributed by atoms with Gasteiger partial charge in [0.15, 0.2) is 0 Å². The van der Waals surface area contributed by atoms with Crippen LogP contribution in [0.2, 0.25) is 0 Å². The predicted octanol–water partition coefficient (Wildman–Crippen LogP) is 2.63. The monoisotopic (exact) mass is 343 g/mol. The zero-order chi connectivity index (χ0) is 17.6. The van der Waals surface area contributed by atoms with E-state index in [4.69, 9.17) is 9.47 Å². The van der Waals surface area contributed by atoms with E-state index in [0.717, 1.165) is 0 Å². The van der Waals surface area contributed by atoms with Crippen LogP contribution in [0, 0.1) is 5.82 Å². The number of fused-ring (bicyclic) bond motifs is 1. The summed E-state index contributed by atoms with van der Waals surface area (Å²) in [5.74, 6) is 1.47. The van der Waals surface area contributed by atoms with Crippen molar-refractivity contribution in [1.29, 1.82) is 0 Å². The average molecular weight is 343 g/mol. The van der Waals surface area contributed by atoms with Crippen molar-refractivity contribution in [3.8, 4) is 11.5 Å². The van der Waals surface area contributed by atoms with E-state index in [0.29, 0.717) is 28.2 Å². The predicted molar refractivity (Wildman–Crippen MR) is 92.5 cm³/mol. The van der Waals surface area contributed by atoms with E-state index in [1.165, 1.54) is 18.5 Å². The summed E-state index contributed by atoms with van der Waals surface area (Å²) in [5.41, 5.74) is 0.500. The van der Waals surface area contributed by atoms with Crippen LogP contribution in [0.3, 0.4) is 0 Å². The molecule has 1 aromatic heterocycles. The number of methoxy groups -OCH3 is 1. The van der Waals surface area contributed by atoms with Gasteiger partial charge in [-0.3, -0.25) is 0 Å². The molecule has 2 aromatic carbocycles. The molecular weight excluding hydrogens is 325 g/mol. The molecule has 3 rings (SSSR count). The number of rotatable bonds is 7. The first-order valence-corrected chi connectivity index (χ1v) is 7.75. The Morgan fingerprint density at radius 1 is 1.16 bits per heavy atom. The largest absolute Gasteiger partial charge is 0.497 e. The van der Waals surface area contributed by atoms with Crippen molar-refractivity contribution in [2.24, 2.45) is 0 Å². The normalized spacial score (nSPS) is 12.0. The molecule has 0 aliphatic heterocycles. The number of aromatic nitrogens is 2. The van der Waals surface area contributed by atoms with Crippen molar-refractivity contribution < 1.29 is 19.0 Å². The first-order chi connectivity index (χ1) is 12.2. The molecule has 0 radical (unpaired) electrons. The zero-order valence-corrected chi connectivity index (χ0v) is 13.6. The molecule has 3 aromatic rings. The average Bonchev–Trinajstić information content (AvgIpc) is 2.64. The Bertz CT molecular complexity index is 860. The van der Waals surface area contributed by atoms with Gasteiger partial charge in [-0.25, -0.2) is 14.4 Å². The van der Waals surface area contributed by atoms with Crippen LogP contribution >= 0.6 is 0 Å². The van der Waals surface area contributed by atoms with Crippen molar-refractivity contribution in [2.45, 2.75) is 6.10 Å². The Kier molecular flexibility index (Phi) is 5.25. The van der Waals surface area contributed by atoms with Gasteiger partial charge in [-0.05, 0) is 24.3 Å². The molecule has 2 N–H and O–H groups in total. The van der Waals surface area contributed by atoms with Gasteiger partial charge < -0.3 is 19.9 Å². The van der Waals surface area contributed by atoms with E-state index < -0.39 is 6.10 Å². The Hall–Kier alpha value is -2.93. The molecule has 0 fully saturated rings. The van der Waals surface area contributed by atoms with Gasteiger partial charge >= 0.3 is 0 Å². The fraction of sp³-hybridized carbons (Fsp3) is 0.222. The maximum Gasteiger partial charge on any atom is 0.137 e. The van der Waals surface area contributed by atoms with Gasteiger partial charge in [0.05, 0.1) is 12.6 Å². The van der Waals surface area contributed by atoms with Gasteiger partial charge in [0.2, 0.25) is 0 Å². The minimum Gasteiger partial charge on any atom is -0.497 e. The topological polar surface area (TPSA) is 76.5 Å². The third-order valence-corrected chi connectivity index (χ3v) is 3.59. The highest BCUT2D eigenvalue weighted by molar-refractivity contribution is 5.88. The number of benzene rings is 2. The highest BCUT2D eigenvalue weighted by Gasteiger charge is 2.09. The first kappa shape index (κ1) is 16.9. The SMILES string of the molecule is COc1cccc(OC[C@@H](O)CNc2ncnc3cc(F)ccc23)c1. The lowest BCUT2D eigenvalue weighted by Crippen LogP contribution is -2.26. The van der Waals surface area contributed by atoms with Crippen LogP contribution in [-0.4, -0.2) is 41.4 Å². The van der Waals surface area contributed by atoms with Gasteiger partial charge in [0.1, 0.15) is 42.2 Å². The minimum atomic E-state index is -0.753. The zero-order valence-electron chi connectivity index (χ0n) is 13.6. The Morgan fingerprint density at radius 3 is 2.84 bits per heavy atom. The third-order valence-electron chi connectivity index (χ3n) is 3.59. The molecule has 0 amide bonds. The minimum absolute atomic E-state index is 0.109. The van der Waals surface area contributed by atoms with Crippen LogP contribution in [-0.2, 0) is 0 Å². The van der Waals surface area contributed by atoms with Crippen molar-refractivity contribution in [1.82, 2.24) is 9.97 Å². The maximum absolute atomic E-state index is 13.3. The number of hydrogen-bond acceptors (Lipinski definition) is 6. The molecule has 0 saturated heterocycles. The maximum atomic E-state index is 13.3. The van der Waals surface area contributed by atoms with Crippen LogP contribution in [0.4, 0.5) is 10.2 Å². The molecule has 0 unspecified atom stereocenters. The number of nitrogens with zero attached hydrogens (tertiary/aromatic N) is 2. The van der Waals surface area contributed by atoms with Crippen molar-refractivity contribution in [3.05, 3.63) is 54.6 Å². The lowest BCUT2D eigenvalue weighted by Gasteiger charge is -2.14. The number of ether oxygens (including phenoxy) is 2. The summed E-state index contributed by atoms with van der Waals surface area (Å²) in [4.78, 5) is 8.17. The van der Waals surface area contributed by atoms with Crippen LogP contribution in [0.25, 0.3) is 10.9 Å². The molecule has 130 valence electrons. The number of nitrogens with one attached hydrogen (secondary N) is 1. The van der Waals surface area contributed by atoms with Crippen LogP contribution in [0.1, 0.15) is 0 Å². The highest BCUT2D eigenvalue weighted by Crippen LogP contribution is 2.20. The highest BCUT2D eigenvalue weighted by atomic mass is 19.1. The molecule has 0 aliphatic rings. The summed E-state index contributed by atoms with van der Waals surface area (Å²) in [6.45, 7) is 0.339. The molecule has 0 saturated carbocycles. The van der Waals surface area contributed by atoms with Gasteiger partial charge in [-0.1, -0.05) is 6.07 Å². The number of anilines is 1. The summed E-state index contributed by atoms with van der Waals surface area (Å²) >= 11 is 0. The summed E-state index contributed by atoms with van der Waals surface area (Å²) in [5, 5.41) is 13.8. The summed E-state index contributed by atoms with van der Waals surface area (Å²) in [6.07, 6.45) is 0.597. The van der Waals surface area contributed by atoms with E-state index in [1.54, 1.807) is 25.3 Å². The Labute approximate surface area is 144 Å². The summed E-state index contributed by atoms with van der Waals surface area (Å²) < 4.78 is 23.9. The van der Waals surface area contributed by atoms with Crippen molar-refractivity contribution in [2.75, 3.05) is 25.6 Å². The second-order valence-electron chi connectivity index (χ2n) is 5.41. The van der Waals surface area contributed by atoms with Crippen LogP contribution < -0.4 is 14.8 Å². The van der Waals surface area contributed by atoms with Crippen LogP contribution in [0.5, 0.6) is 11.5 Å². The Morgan fingerprint density at radius 2 is 2.00 bits per heavy atom. The standard InChI is InChI=1S/C18H18FN3O3/c1-24-14-3-2-4-15(8-14)25-10-13(23)9-20-18-16-6-5-12(19)7-17(16)21-11-22-18/h2-8,11,13,23H,9-10H2,1H3,(H,20,21,22)/t13-/m0/s1. The van der Waals surface area contributed by atoms with E-state index in [9.17, 15) is 9.50 Å². The fourth-order valence-corrected chi connectivity index (χ4v) is 2.33. The molecule has 0 bridgehead atoms. The molecule has 0 aliphatic carbocycles. The van der Waals surface area contributed by atoms with Crippen molar-refractivity contribution in [3.63, 3.8) is 0 Å².